The van der Waals surface area contributed by atoms with Crippen LogP contribution >= 0.6 is 0 Å². The Balaban J connectivity index is 1.82. The fourth-order valence-electron chi connectivity index (χ4n) is 2.44. The molecule has 17 heavy (non-hydrogen) atoms. The van der Waals surface area contributed by atoms with Crippen LogP contribution in [-0.2, 0) is 0 Å². The van der Waals surface area contributed by atoms with Gasteiger partial charge in [0.05, 0.1) is 6.26 Å². The van der Waals surface area contributed by atoms with Crippen molar-refractivity contribution in [1.29, 1.82) is 0 Å². The first kappa shape index (κ1) is 12.2. The van der Waals surface area contributed by atoms with Gasteiger partial charge in [0.15, 0.2) is 5.76 Å². The molecule has 2 rings (SSSR count). The zero-order valence-corrected chi connectivity index (χ0v) is 10.2. The van der Waals surface area contributed by atoms with E-state index in [9.17, 15) is 4.79 Å². The number of carbonyl (C=O) groups is 1. The Kier molecular flexibility index (Phi) is 3.84. The van der Waals surface area contributed by atoms with Gasteiger partial charge in [0.2, 0.25) is 0 Å². The molecule has 94 valence electrons. The maximum atomic E-state index is 11.8. The van der Waals surface area contributed by atoms with Crippen LogP contribution in [-0.4, -0.2) is 18.5 Å². The minimum Gasteiger partial charge on any atom is -0.459 e. The lowest BCUT2D eigenvalue weighted by Crippen LogP contribution is -2.35. The molecule has 0 spiro atoms. The van der Waals surface area contributed by atoms with Gasteiger partial charge in [0.1, 0.15) is 0 Å². The molecule has 1 aliphatic rings. The van der Waals surface area contributed by atoms with Gasteiger partial charge in [-0.25, -0.2) is 0 Å². The van der Waals surface area contributed by atoms with Crippen molar-refractivity contribution in [1.82, 2.24) is 5.32 Å². The standard InChI is InChI=1S/C13H20N2O2/c1-9-5-6-17-12(9)13(16)15-8-10-3-2-4-11(14)7-10/h5-6,10-11H,2-4,7-8,14H2,1H3,(H,15,16). The Labute approximate surface area is 102 Å². The molecule has 0 radical (unpaired) electrons. The molecule has 2 atom stereocenters. The summed E-state index contributed by atoms with van der Waals surface area (Å²) in [6, 6.07) is 2.10. The smallest absolute Gasteiger partial charge is 0.287 e. The van der Waals surface area contributed by atoms with Crippen LogP contribution in [0.2, 0.25) is 0 Å². The van der Waals surface area contributed by atoms with Crippen LogP contribution in [0, 0.1) is 12.8 Å². The van der Waals surface area contributed by atoms with Gasteiger partial charge in [-0.15, -0.1) is 0 Å². The van der Waals surface area contributed by atoms with E-state index in [-0.39, 0.29) is 5.91 Å². The van der Waals surface area contributed by atoms with Gasteiger partial charge >= 0.3 is 0 Å². The van der Waals surface area contributed by atoms with Crippen LogP contribution in [0.25, 0.3) is 0 Å². The van der Waals surface area contributed by atoms with Crippen molar-refractivity contribution < 1.29 is 9.21 Å². The van der Waals surface area contributed by atoms with Crippen LogP contribution in [0.1, 0.15) is 41.8 Å². The fourth-order valence-corrected chi connectivity index (χ4v) is 2.44. The summed E-state index contributed by atoms with van der Waals surface area (Å²) < 4.78 is 5.15. The first-order valence-corrected chi connectivity index (χ1v) is 6.24. The molecule has 4 heteroatoms. The molecular weight excluding hydrogens is 216 g/mol. The average Bonchev–Trinajstić information content (AvgIpc) is 2.72. The topological polar surface area (TPSA) is 68.3 Å². The number of carbonyl (C=O) groups excluding carboxylic acids is 1. The molecular formula is C13H20N2O2. The normalized spacial score (nSPS) is 24.6. The van der Waals surface area contributed by atoms with Gasteiger partial charge in [-0.05, 0) is 38.2 Å². The molecule has 1 amide bonds. The van der Waals surface area contributed by atoms with E-state index in [4.69, 9.17) is 10.2 Å². The first-order valence-electron chi connectivity index (χ1n) is 6.24. The Hall–Kier alpha value is -1.29. The van der Waals surface area contributed by atoms with Crippen molar-refractivity contribution in [3.8, 4) is 0 Å². The number of amides is 1. The lowest BCUT2D eigenvalue weighted by molar-refractivity contribution is 0.0914. The number of furan rings is 1. The summed E-state index contributed by atoms with van der Waals surface area (Å²) in [6.45, 7) is 2.57. The molecule has 2 unspecified atom stereocenters. The van der Waals surface area contributed by atoms with E-state index in [1.807, 2.05) is 6.92 Å². The SMILES string of the molecule is Cc1ccoc1C(=O)NCC1CCCC(N)C1. The molecule has 1 saturated carbocycles. The van der Waals surface area contributed by atoms with Crippen molar-refractivity contribution in [3.63, 3.8) is 0 Å². The molecule has 1 aliphatic carbocycles. The molecule has 1 aromatic heterocycles. The van der Waals surface area contributed by atoms with Crippen molar-refractivity contribution >= 4 is 5.91 Å². The number of hydrogen-bond acceptors (Lipinski definition) is 3. The number of aryl methyl sites for hydroxylation is 1. The second-order valence-corrected chi connectivity index (χ2v) is 4.94. The number of nitrogens with one attached hydrogen (secondary N) is 1. The highest BCUT2D eigenvalue weighted by Crippen LogP contribution is 2.22. The van der Waals surface area contributed by atoms with Crippen molar-refractivity contribution in [2.24, 2.45) is 11.7 Å². The second kappa shape index (κ2) is 5.36. The summed E-state index contributed by atoms with van der Waals surface area (Å²) >= 11 is 0. The van der Waals surface area contributed by atoms with E-state index in [1.165, 1.54) is 6.42 Å². The predicted molar refractivity (Wildman–Crippen MR) is 65.7 cm³/mol. The van der Waals surface area contributed by atoms with E-state index >= 15 is 0 Å². The third-order valence-electron chi connectivity index (χ3n) is 3.44. The molecule has 4 nitrogen and oxygen atoms in total. The Morgan fingerprint density at radius 1 is 1.59 bits per heavy atom. The maximum absolute atomic E-state index is 11.8. The second-order valence-electron chi connectivity index (χ2n) is 4.94. The van der Waals surface area contributed by atoms with Gasteiger partial charge in [-0.1, -0.05) is 6.42 Å². The van der Waals surface area contributed by atoms with Crippen LogP contribution in [0.4, 0.5) is 0 Å². The third-order valence-corrected chi connectivity index (χ3v) is 3.44. The lowest BCUT2D eigenvalue weighted by Gasteiger charge is -2.26. The minimum absolute atomic E-state index is 0.119. The molecule has 0 aliphatic heterocycles. The van der Waals surface area contributed by atoms with Gasteiger partial charge in [-0.3, -0.25) is 4.79 Å². The van der Waals surface area contributed by atoms with Crippen LogP contribution in [0.5, 0.6) is 0 Å². The summed E-state index contributed by atoms with van der Waals surface area (Å²) in [5, 5.41) is 2.93. The van der Waals surface area contributed by atoms with Crippen molar-refractivity contribution in [2.45, 2.75) is 38.6 Å². The lowest BCUT2D eigenvalue weighted by atomic mass is 9.86. The summed E-state index contributed by atoms with van der Waals surface area (Å²) in [6.07, 6.45) is 5.99. The fraction of sp³-hybridized carbons (Fsp3) is 0.615. The van der Waals surface area contributed by atoms with Gasteiger partial charge in [0.25, 0.3) is 5.91 Å². The Bertz CT molecular complexity index is 387. The van der Waals surface area contributed by atoms with Crippen molar-refractivity contribution in [2.75, 3.05) is 6.54 Å². The summed E-state index contributed by atoms with van der Waals surface area (Å²) in [5.41, 5.74) is 6.80. The van der Waals surface area contributed by atoms with Crippen LogP contribution in [0.3, 0.4) is 0 Å². The quantitative estimate of drug-likeness (QED) is 0.841. The number of rotatable bonds is 3. The van der Waals surface area contributed by atoms with E-state index in [0.29, 0.717) is 24.3 Å². The number of hydrogen-bond donors (Lipinski definition) is 2. The highest BCUT2D eigenvalue weighted by atomic mass is 16.3. The number of nitrogens with two attached hydrogens (primary N) is 1. The molecule has 3 N–H and O–H groups in total. The Morgan fingerprint density at radius 2 is 2.41 bits per heavy atom. The summed E-state index contributed by atoms with van der Waals surface area (Å²) in [5.74, 6) is 0.815. The monoisotopic (exact) mass is 236 g/mol. The zero-order valence-electron chi connectivity index (χ0n) is 10.2. The molecule has 1 heterocycles. The largest absolute Gasteiger partial charge is 0.459 e. The minimum atomic E-state index is -0.119. The maximum Gasteiger partial charge on any atom is 0.287 e. The van der Waals surface area contributed by atoms with E-state index < -0.39 is 0 Å². The van der Waals surface area contributed by atoms with E-state index in [1.54, 1.807) is 12.3 Å². The molecule has 0 bridgehead atoms. The molecule has 1 aromatic rings. The molecule has 0 aromatic carbocycles. The summed E-state index contributed by atoms with van der Waals surface area (Å²) in [4.78, 5) is 11.8. The zero-order chi connectivity index (χ0) is 12.3. The average molecular weight is 236 g/mol. The van der Waals surface area contributed by atoms with Gasteiger partial charge in [-0.2, -0.15) is 0 Å². The van der Waals surface area contributed by atoms with E-state index in [2.05, 4.69) is 5.32 Å². The third kappa shape index (κ3) is 3.09. The molecule has 1 fully saturated rings. The summed E-state index contributed by atoms with van der Waals surface area (Å²) in [7, 11) is 0. The van der Waals surface area contributed by atoms with Crippen molar-refractivity contribution in [3.05, 3.63) is 23.7 Å². The molecule has 0 saturated heterocycles. The van der Waals surface area contributed by atoms with Gasteiger partial charge < -0.3 is 15.5 Å². The first-order chi connectivity index (χ1) is 8.16. The predicted octanol–water partition coefficient (Wildman–Crippen LogP) is 1.84. The Morgan fingerprint density at radius 3 is 3.06 bits per heavy atom. The highest BCUT2D eigenvalue weighted by Gasteiger charge is 2.20. The van der Waals surface area contributed by atoms with Gasteiger partial charge in [0, 0.05) is 18.2 Å². The van der Waals surface area contributed by atoms with Crippen LogP contribution < -0.4 is 11.1 Å². The van der Waals surface area contributed by atoms with E-state index in [0.717, 1.165) is 24.8 Å². The van der Waals surface area contributed by atoms with Crippen LogP contribution in [0.15, 0.2) is 16.7 Å². The highest BCUT2D eigenvalue weighted by molar-refractivity contribution is 5.92.